The van der Waals surface area contributed by atoms with E-state index < -0.39 is 0 Å². The molecule has 0 heterocycles. The maximum absolute atomic E-state index is 12.2. The predicted molar refractivity (Wildman–Crippen MR) is 88.1 cm³/mol. The summed E-state index contributed by atoms with van der Waals surface area (Å²) in [4.78, 5) is 12.2. The van der Waals surface area contributed by atoms with Crippen molar-refractivity contribution in [3.8, 4) is 5.75 Å². The van der Waals surface area contributed by atoms with Crippen molar-refractivity contribution in [1.82, 2.24) is 0 Å². The van der Waals surface area contributed by atoms with E-state index in [1.54, 1.807) is 12.1 Å². The normalized spacial score (nSPS) is 10.6. The van der Waals surface area contributed by atoms with Crippen molar-refractivity contribution >= 4 is 16.7 Å². The second kappa shape index (κ2) is 6.41. The average Bonchev–Trinajstić information content (AvgIpc) is 2.56. The standard InChI is InChI=1S/C19H17NO2/c20-12-11-14-5-7-16(8-6-14)19(21)22-18-10-9-15-3-1-2-4-17(15)13-18/h1-10,13H,11-12,20H2. The minimum absolute atomic E-state index is 0.352. The summed E-state index contributed by atoms with van der Waals surface area (Å²) in [6.07, 6.45) is 0.806. The van der Waals surface area contributed by atoms with Gasteiger partial charge in [-0.1, -0.05) is 42.5 Å². The monoisotopic (exact) mass is 291 g/mol. The van der Waals surface area contributed by atoms with Crippen molar-refractivity contribution < 1.29 is 9.53 Å². The van der Waals surface area contributed by atoms with E-state index in [-0.39, 0.29) is 5.97 Å². The Morgan fingerprint density at radius 3 is 2.36 bits per heavy atom. The van der Waals surface area contributed by atoms with Crippen LogP contribution in [0.15, 0.2) is 66.7 Å². The van der Waals surface area contributed by atoms with Gasteiger partial charge in [0, 0.05) is 0 Å². The second-order valence-corrected chi connectivity index (χ2v) is 5.13. The van der Waals surface area contributed by atoms with Crippen LogP contribution in [0.25, 0.3) is 10.8 Å². The van der Waals surface area contributed by atoms with Gasteiger partial charge in [-0.2, -0.15) is 0 Å². The van der Waals surface area contributed by atoms with Crippen LogP contribution < -0.4 is 10.5 Å². The fraction of sp³-hybridized carbons (Fsp3) is 0.105. The maximum atomic E-state index is 12.2. The molecule has 0 saturated heterocycles. The lowest BCUT2D eigenvalue weighted by atomic mass is 10.1. The van der Waals surface area contributed by atoms with Gasteiger partial charge < -0.3 is 10.5 Å². The van der Waals surface area contributed by atoms with Crippen LogP contribution in [0.2, 0.25) is 0 Å². The van der Waals surface area contributed by atoms with Crippen molar-refractivity contribution in [2.45, 2.75) is 6.42 Å². The number of hydrogen-bond donors (Lipinski definition) is 1. The lowest BCUT2D eigenvalue weighted by Crippen LogP contribution is -2.09. The van der Waals surface area contributed by atoms with Gasteiger partial charge in [-0.15, -0.1) is 0 Å². The highest BCUT2D eigenvalue weighted by molar-refractivity contribution is 5.92. The third-order valence-electron chi connectivity index (χ3n) is 3.55. The van der Waals surface area contributed by atoms with E-state index in [2.05, 4.69) is 0 Å². The van der Waals surface area contributed by atoms with Gasteiger partial charge in [-0.05, 0) is 53.6 Å². The van der Waals surface area contributed by atoms with Crippen LogP contribution in [0.5, 0.6) is 5.75 Å². The third kappa shape index (κ3) is 3.15. The maximum Gasteiger partial charge on any atom is 0.343 e. The van der Waals surface area contributed by atoms with Crippen molar-refractivity contribution in [2.24, 2.45) is 5.73 Å². The Hall–Kier alpha value is -2.65. The first kappa shape index (κ1) is 14.3. The van der Waals surface area contributed by atoms with Crippen LogP contribution in [0.3, 0.4) is 0 Å². The molecule has 3 aromatic rings. The number of nitrogens with two attached hydrogens (primary N) is 1. The first-order chi connectivity index (χ1) is 10.8. The van der Waals surface area contributed by atoms with Crippen molar-refractivity contribution in [2.75, 3.05) is 6.54 Å². The number of hydrogen-bond acceptors (Lipinski definition) is 3. The molecule has 0 bridgehead atoms. The van der Waals surface area contributed by atoms with Gasteiger partial charge in [0.15, 0.2) is 0 Å². The smallest absolute Gasteiger partial charge is 0.343 e. The number of esters is 1. The Morgan fingerprint density at radius 2 is 1.64 bits per heavy atom. The average molecular weight is 291 g/mol. The zero-order valence-electron chi connectivity index (χ0n) is 12.2. The van der Waals surface area contributed by atoms with E-state index in [1.807, 2.05) is 54.6 Å². The van der Waals surface area contributed by atoms with Crippen molar-refractivity contribution in [1.29, 1.82) is 0 Å². The largest absolute Gasteiger partial charge is 0.423 e. The molecule has 0 amide bonds. The molecular formula is C19H17NO2. The quantitative estimate of drug-likeness (QED) is 0.590. The zero-order chi connectivity index (χ0) is 15.4. The molecule has 0 spiro atoms. The Labute approximate surface area is 129 Å². The molecule has 0 aliphatic rings. The van der Waals surface area contributed by atoms with Gasteiger partial charge in [-0.3, -0.25) is 0 Å². The highest BCUT2D eigenvalue weighted by atomic mass is 16.5. The van der Waals surface area contributed by atoms with E-state index in [0.717, 1.165) is 22.8 Å². The molecule has 3 nitrogen and oxygen atoms in total. The first-order valence-corrected chi connectivity index (χ1v) is 7.26. The molecule has 110 valence electrons. The number of ether oxygens (including phenoxy) is 1. The molecule has 0 fully saturated rings. The minimum atomic E-state index is -0.352. The lowest BCUT2D eigenvalue weighted by molar-refractivity contribution is 0.0735. The van der Waals surface area contributed by atoms with Crippen LogP contribution in [-0.4, -0.2) is 12.5 Å². The van der Waals surface area contributed by atoms with Gasteiger partial charge in [0.05, 0.1) is 5.56 Å². The Kier molecular flexibility index (Phi) is 4.17. The molecule has 3 heteroatoms. The number of benzene rings is 3. The Bertz CT molecular complexity index is 794. The topological polar surface area (TPSA) is 52.3 Å². The molecule has 0 aromatic heterocycles. The van der Waals surface area contributed by atoms with Gasteiger partial charge in [0.25, 0.3) is 0 Å². The molecule has 22 heavy (non-hydrogen) atoms. The molecule has 0 aliphatic carbocycles. The van der Waals surface area contributed by atoms with Crippen molar-refractivity contribution in [3.63, 3.8) is 0 Å². The Morgan fingerprint density at radius 1 is 0.909 bits per heavy atom. The molecule has 2 N–H and O–H groups in total. The molecular weight excluding hydrogens is 274 g/mol. The molecule has 0 radical (unpaired) electrons. The number of carbonyl (C=O) groups excluding carboxylic acids is 1. The Balaban J connectivity index is 1.77. The van der Waals surface area contributed by atoms with Gasteiger partial charge in [0.2, 0.25) is 0 Å². The fourth-order valence-electron chi connectivity index (χ4n) is 2.37. The summed E-state index contributed by atoms with van der Waals surface area (Å²) in [5, 5.41) is 2.17. The van der Waals surface area contributed by atoms with Crippen LogP contribution >= 0.6 is 0 Å². The van der Waals surface area contributed by atoms with Crippen LogP contribution in [0, 0.1) is 0 Å². The molecule has 0 unspecified atom stereocenters. The van der Waals surface area contributed by atoms with Crippen LogP contribution in [-0.2, 0) is 6.42 Å². The molecule has 3 aromatic carbocycles. The summed E-state index contributed by atoms with van der Waals surface area (Å²) >= 11 is 0. The second-order valence-electron chi connectivity index (χ2n) is 5.13. The summed E-state index contributed by atoms with van der Waals surface area (Å²) < 4.78 is 5.44. The van der Waals surface area contributed by atoms with Gasteiger partial charge in [0.1, 0.15) is 5.75 Å². The molecule has 0 atom stereocenters. The summed E-state index contributed by atoms with van der Waals surface area (Å²) in [5.74, 6) is 0.198. The third-order valence-corrected chi connectivity index (χ3v) is 3.55. The first-order valence-electron chi connectivity index (χ1n) is 7.26. The predicted octanol–water partition coefficient (Wildman–Crippen LogP) is 3.56. The van der Waals surface area contributed by atoms with E-state index in [9.17, 15) is 4.79 Å². The summed E-state index contributed by atoms with van der Waals surface area (Å²) in [5.41, 5.74) is 7.17. The van der Waals surface area contributed by atoms with E-state index in [0.29, 0.717) is 17.9 Å². The molecule has 3 rings (SSSR count). The molecule has 0 aliphatic heterocycles. The van der Waals surface area contributed by atoms with Crippen LogP contribution in [0.1, 0.15) is 15.9 Å². The highest BCUT2D eigenvalue weighted by Crippen LogP contribution is 2.21. The summed E-state index contributed by atoms with van der Waals surface area (Å²) in [6, 6.07) is 20.9. The van der Waals surface area contributed by atoms with E-state index >= 15 is 0 Å². The SMILES string of the molecule is NCCc1ccc(C(=O)Oc2ccc3ccccc3c2)cc1. The summed E-state index contributed by atoms with van der Waals surface area (Å²) in [6.45, 7) is 0.598. The lowest BCUT2D eigenvalue weighted by Gasteiger charge is -2.06. The summed E-state index contributed by atoms with van der Waals surface area (Å²) in [7, 11) is 0. The number of fused-ring (bicyclic) bond motifs is 1. The van der Waals surface area contributed by atoms with Crippen LogP contribution in [0.4, 0.5) is 0 Å². The molecule has 0 saturated carbocycles. The number of rotatable bonds is 4. The van der Waals surface area contributed by atoms with E-state index in [4.69, 9.17) is 10.5 Å². The van der Waals surface area contributed by atoms with Crippen molar-refractivity contribution in [3.05, 3.63) is 77.9 Å². The van der Waals surface area contributed by atoms with E-state index in [1.165, 1.54) is 0 Å². The number of carbonyl (C=O) groups is 1. The van der Waals surface area contributed by atoms with Gasteiger partial charge in [-0.25, -0.2) is 4.79 Å². The zero-order valence-corrected chi connectivity index (χ0v) is 12.2. The fourth-order valence-corrected chi connectivity index (χ4v) is 2.37. The minimum Gasteiger partial charge on any atom is -0.423 e. The highest BCUT2D eigenvalue weighted by Gasteiger charge is 2.08. The van der Waals surface area contributed by atoms with Gasteiger partial charge >= 0.3 is 5.97 Å².